The van der Waals surface area contributed by atoms with E-state index in [1.807, 2.05) is 0 Å². The van der Waals surface area contributed by atoms with Crippen molar-refractivity contribution in [3.8, 4) is 5.75 Å². The molecule has 0 radical (unpaired) electrons. The molecule has 0 aliphatic heterocycles. The number of hydrogen-bond donors (Lipinski definition) is 1. The number of rotatable bonds is 5. The van der Waals surface area contributed by atoms with E-state index in [1.54, 1.807) is 13.0 Å². The summed E-state index contributed by atoms with van der Waals surface area (Å²) in [6.45, 7) is 2.17. The topological polar surface area (TPSA) is 52.3 Å². The molecule has 1 atom stereocenters. The molecule has 0 fully saturated rings. The minimum Gasteiger partial charge on any atom is -0.491 e. The summed E-state index contributed by atoms with van der Waals surface area (Å²) in [5.41, 5.74) is 5.62. The molecule has 0 bridgehead atoms. The molecule has 5 heteroatoms. The molecule has 16 heavy (non-hydrogen) atoms. The first-order valence-corrected chi connectivity index (χ1v) is 5.32. The Morgan fingerprint density at radius 3 is 2.81 bits per heavy atom. The molecule has 88 valence electrons. The molecule has 0 saturated carbocycles. The van der Waals surface area contributed by atoms with Crippen molar-refractivity contribution in [1.29, 1.82) is 0 Å². The van der Waals surface area contributed by atoms with Crippen LogP contribution in [-0.2, 0) is 11.2 Å². The van der Waals surface area contributed by atoms with E-state index < -0.39 is 17.1 Å². The molecule has 1 aromatic carbocycles. The van der Waals surface area contributed by atoms with Crippen LogP contribution in [0.15, 0.2) is 18.2 Å². The Balaban J connectivity index is 2.77. The van der Waals surface area contributed by atoms with Crippen molar-refractivity contribution in [3.63, 3.8) is 0 Å². The SMILES string of the molecule is CCOc1ccc(CC(Cl)C(N)=O)cc1F. The summed E-state index contributed by atoms with van der Waals surface area (Å²) >= 11 is 5.68. The lowest BCUT2D eigenvalue weighted by Gasteiger charge is -2.08. The standard InChI is InChI=1S/C11H13ClFNO2/c1-2-16-10-4-3-7(6-9(10)13)5-8(12)11(14)15/h3-4,6,8H,2,5H2,1H3,(H2,14,15). The van der Waals surface area contributed by atoms with Gasteiger partial charge in [0.2, 0.25) is 5.91 Å². The Morgan fingerprint density at radius 1 is 1.62 bits per heavy atom. The maximum Gasteiger partial charge on any atom is 0.235 e. The van der Waals surface area contributed by atoms with Gasteiger partial charge in [0.15, 0.2) is 11.6 Å². The smallest absolute Gasteiger partial charge is 0.235 e. The first-order chi connectivity index (χ1) is 7.54. The van der Waals surface area contributed by atoms with Gasteiger partial charge >= 0.3 is 0 Å². The molecule has 0 spiro atoms. The molecule has 0 heterocycles. The zero-order valence-corrected chi connectivity index (χ0v) is 9.63. The molecule has 1 rings (SSSR count). The Kier molecular flexibility index (Phi) is 4.55. The summed E-state index contributed by atoms with van der Waals surface area (Å²) in [7, 11) is 0. The van der Waals surface area contributed by atoms with Gasteiger partial charge in [-0.05, 0) is 31.0 Å². The number of halogens is 2. The fraction of sp³-hybridized carbons (Fsp3) is 0.364. The van der Waals surface area contributed by atoms with Crippen molar-refractivity contribution in [2.45, 2.75) is 18.7 Å². The van der Waals surface area contributed by atoms with Crippen LogP contribution >= 0.6 is 11.6 Å². The molecule has 0 aromatic heterocycles. The zero-order chi connectivity index (χ0) is 12.1. The fourth-order valence-electron chi connectivity index (χ4n) is 1.25. The summed E-state index contributed by atoms with van der Waals surface area (Å²) in [5, 5.41) is -0.822. The van der Waals surface area contributed by atoms with Crippen LogP contribution in [-0.4, -0.2) is 17.9 Å². The average Bonchev–Trinajstić information content (AvgIpc) is 2.22. The third-order valence-corrected chi connectivity index (χ3v) is 2.39. The maximum absolute atomic E-state index is 13.4. The van der Waals surface area contributed by atoms with E-state index in [0.29, 0.717) is 12.2 Å². The number of amides is 1. The highest BCUT2D eigenvalue weighted by atomic mass is 35.5. The lowest BCUT2D eigenvalue weighted by atomic mass is 10.1. The van der Waals surface area contributed by atoms with Gasteiger partial charge in [-0.3, -0.25) is 4.79 Å². The minimum absolute atomic E-state index is 0.191. The zero-order valence-electron chi connectivity index (χ0n) is 8.87. The lowest BCUT2D eigenvalue weighted by molar-refractivity contribution is -0.117. The normalized spacial score (nSPS) is 12.2. The maximum atomic E-state index is 13.4. The van der Waals surface area contributed by atoms with Crippen LogP contribution in [0.1, 0.15) is 12.5 Å². The first-order valence-electron chi connectivity index (χ1n) is 4.89. The predicted molar refractivity (Wildman–Crippen MR) is 60.1 cm³/mol. The molecular weight excluding hydrogens is 233 g/mol. The second-order valence-corrected chi connectivity index (χ2v) is 3.80. The molecule has 1 aromatic rings. The second kappa shape index (κ2) is 5.70. The first kappa shape index (κ1) is 12.8. The van der Waals surface area contributed by atoms with Crippen LogP contribution in [0.2, 0.25) is 0 Å². The molecule has 1 unspecified atom stereocenters. The Labute approximate surface area is 98.3 Å². The predicted octanol–water partition coefficient (Wildman–Crippen LogP) is 1.86. The van der Waals surface area contributed by atoms with Crippen molar-refractivity contribution in [2.24, 2.45) is 5.73 Å². The van der Waals surface area contributed by atoms with E-state index in [-0.39, 0.29) is 12.2 Å². The van der Waals surface area contributed by atoms with E-state index in [1.165, 1.54) is 12.1 Å². The summed E-state index contributed by atoms with van der Waals surface area (Å²) in [6.07, 6.45) is 0.209. The van der Waals surface area contributed by atoms with Crippen molar-refractivity contribution in [3.05, 3.63) is 29.6 Å². The Bertz CT molecular complexity index is 384. The van der Waals surface area contributed by atoms with Crippen LogP contribution in [0.25, 0.3) is 0 Å². The van der Waals surface area contributed by atoms with Gasteiger partial charge < -0.3 is 10.5 Å². The van der Waals surface area contributed by atoms with Gasteiger partial charge in [-0.25, -0.2) is 4.39 Å². The molecule has 2 N–H and O–H groups in total. The highest BCUT2D eigenvalue weighted by molar-refractivity contribution is 6.30. The molecule has 0 aliphatic carbocycles. The fourth-order valence-corrected chi connectivity index (χ4v) is 1.43. The van der Waals surface area contributed by atoms with Crippen LogP contribution in [0.4, 0.5) is 4.39 Å². The van der Waals surface area contributed by atoms with Crippen molar-refractivity contribution >= 4 is 17.5 Å². The van der Waals surface area contributed by atoms with Crippen LogP contribution in [0.5, 0.6) is 5.75 Å². The van der Waals surface area contributed by atoms with Gasteiger partial charge in [-0.2, -0.15) is 0 Å². The van der Waals surface area contributed by atoms with Crippen LogP contribution in [0, 0.1) is 5.82 Å². The van der Waals surface area contributed by atoms with E-state index >= 15 is 0 Å². The molecule has 1 amide bonds. The minimum atomic E-state index is -0.822. The number of ether oxygens (including phenoxy) is 1. The lowest BCUT2D eigenvalue weighted by Crippen LogP contribution is -2.25. The van der Waals surface area contributed by atoms with Gasteiger partial charge in [0.05, 0.1) is 6.61 Å². The number of hydrogen-bond acceptors (Lipinski definition) is 2. The van der Waals surface area contributed by atoms with Crippen molar-refractivity contribution in [1.82, 2.24) is 0 Å². The van der Waals surface area contributed by atoms with Gasteiger partial charge in [0, 0.05) is 0 Å². The molecule has 0 saturated heterocycles. The van der Waals surface area contributed by atoms with Gasteiger partial charge in [-0.1, -0.05) is 6.07 Å². The summed E-state index contributed by atoms with van der Waals surface area (Å²) in [6, 6.07) is 4.47. The van der Waals surface area contributed by atoms with Gasteiger partial charge in [0.1, 0.15) is 5.38 Å². The van der Waals surface area contributed by atoms with Crippen molar-refractivity contribution < 1.29 is 13.9 Å². The number of benzene rings is 1. The van der Waals surface area contributed by atoms with E-state index in [4.69, 9.17) is 22.1 Å². The second-order valence-electron chi connectivity index (χ2n) is 3.27. The summed E-state index contributed by atoms with van der Waals surface area (Å²) < 4.78 is 18.4. The average molecular weight is 246 g/mol. The summed E-state index contributed by atoms with van der Waals surface area (Å²) in [4.78, 5) is 10.7. The third kappa shape index (κ3) is 3.38. The Morgan fingerprint density at radius 2 is 2.31 bits per heavy atom. The highest BCUT2D eigenvalue weighted by Gasteiger charge is 2.13. The molecule has 0 aliphatic rings. The molecule has 3 nitrogen and oxygen atoms in total. The Hall–Kier alpha value is -1.29. The van der Waals surface area contributed by atoms with Crippen LogP contribution < -0.4 is 10.5 Å². The van der Waals surface area contributed by atoms with Gasteiger partial charge in [-0.15, -0.1) is 11.6 Å². The highest BCUT2D eigenvalue weighted by Crippen LogP contribution is 2.19. The quantitative estimate of drug-likeness (QED) is 0.805. The summed E-state index contributed by atoms with van der Waals surface area (Å²) in [5.74, 6) is -0.889. The number of carbonyl (C=O) groups is 1. The van der Waals surface area contributed by atoms with E-state index in [9.17, 15) is 9.18 Å². The number of alkyl halides is 1. The van der Waals surface area contributed by atoms with Crippen LogP contribution in [0.3, 0.4) is 0 Å². The number of nitrogens with two attached hydrogens (primary N) is 1. The van der Waals surface area contributed by atoms with Gasteiger partial charge in [0.25, 0.3) is 0 Å². The molecular formula is C11H13ClFNO2. The third-order valence-electron chi connectivity index (χ3n) is 2.02. The van der Waals surface area contributed by atoms with E-state index in [0.717, 1.165) is 0 Å². The van der Waals surface area contributed by atoms with E-state index in [2.05, 4.69) is 0 Å². The monoisotopic (exact) mass is 245 g/mol. The largest absolute Gasteiger partial charge is 0.491 e. The number of primary amides is 1. The number of carbonyl (C=O) groups excluding carboxylic acids is 1. The van der Waals surface area contributed by atoms with Crippen molar-refractivity contribution in [2.75, 3.05) is 6.61 Å².